The molecule has 0 saturated heterocycles. The van der Waals surface area contributed by atoms with Crippen molar-refractivity contribution in [2.45, 2.75) is 66.1 Å². The molecule has 0 spiro atoms. The van der Waals surface area contributed by atoms with Gasteiger partial charge in [0.05, 0.1) is 11.1 Å². The van der Waals surface area contributed by atoms with Gasteiger partial charge in [0, 0.05) is 12.5 Å². The molecule has 0 amide bonds. The van der Waals surface area contributed by atoms with E-state index in [1.54, 1.807) is 6.07 Å². The van der Waals surface area contributed by atoms with Gasteiger partial charge in [0.25, 0.3) is 6.29 Å². The van der Waals surface area contributed by atoms with E-state index in [9.17, 15) is 14.4 Å². The van der Waals surface area contributed by atoms with Crippen molar-refractivity contribution in [1.29, 1.82) is 0 Å². The molecule has 0 aromatic heterocycles. The minimum atomic E-state index is -1.13. The number of hydrogen-bond donors (Lipinski definition) is 0. The predicted molar refractivity (Wildman–Crippen MR) is 95.8 cm³/mol. The van der Waals surface area contributed by atoms with E-state index in [4.69, 9.17) is 9.47 Å². The Balaban J connectivity index is 1.98. The number of fused-ring (bicyclic) bond motifs is 1. The molecule has 3 rings (SSSR count). The van der Waals surface area contributed by atoms with Crippen LogP contribution in [-0.4, -0.2) is 17.7 Å². The summed E-state index contributed by atoms with van der Waals surface area (Å²) in [5.74, 6) is -0.744. The molecule has 5 nitrogen and oxygen atoms in total. The number of esters is 2. The first kappa shape index (κ1) is 18.6. The molecular weight excluding hydrogens is 332 g/mol. The lowest BCUT2D eigenvalue weighted by Crippen LogP contribution is -2.24. The van der Waals surface area contributed by atoms with Crippen molar-refractivity contribution < 1.29 is 23.9 Å². The van der Waals surface area contributed by atoms with E-state index in [0.717, 1.165) is 24.8 Å². The van der Waals surface area contributed by atoms with Crippen LogP contribution in [0.1, 0.15) is 91.5 Å². The summed E-state index contributed by atoms with van der Waals surface area (Å²) in [6.07, 6.45) is 4.33. The standard InChI is InChI=1S/C21H26O5/c1-12(22)17-15(10-14-6-5-9-21(3,4)11-14)7-8-16-18(17)20(25-13(2)23)26-19(16)24/h7-8,14,20H,5-6,9-11H2,1-4H3/t14?,20-/m0/s1. The molecule has 1 fully saturated rings. The van der Waals surface area contributed by atoms with Gasteiger partial charge in [0.1, 0.15) is 0 Å². The topological polar surface area (TPSA) is 69.7 Å². The van der Waals surface area contributed by atoms with Gasteiger partial charge in [-0.05, 0) is 49.1 Å². The second-order valence-corrected chi connectivity index (χ2v) is 8.29. The number of benzene rings is 1. The summed E-state index contributed by atoms with van der Waals surface area (Å²) < 4.78 is 10.3. The first-order valence-electron chi connectivity index (χ1n) is 9.23. The third kappa shape index (κ3) is 3.67. The van der Waals surface area contributed by atoms with Gasteiger partial charge in [-0.1, -0.05) is 32.8 Å². The maximum atomic E-state index is 12.4. The molecule has 1 unspecified atom stereocenters. The zero-order valence-electron chi connectivity index (χ0n) is 15.9. The minimum Gasteiger partial charge on any atom is -0.421 e. The smallest absolute Gasteiger partial charge is 0.342 e. The highest BCUT2D eigenvalue weighted by Gasteiger charge is 2.38. The number of rotatable bonds is 4. The number of Topliss-reactive ketones (excluding diaryl/α,β-unsaturated/α-hetero) is 1. The lowest BCUT2D eigenvalue weighted by molar-refractivity contribution is -0.164. The second-order valence-electron chi connectivity index (χ2n) is 8.29. The Kier molecular flexibility index (Phi) is 4.91. The van der Waals surface area contributed by atoms with Crippen LogP contribution in [0.15, 0.2) is 12.1 Å². The van der Waals surface area contributed by atoms with Crippen LogP contribution >= 0.6 is 0 Å². The van der Waals surface area contributed by atoms with Gasteiger partial charge >= 0.3 is 11.9 Å². The molecule has 1 aromatic carbocycles. The quantitative estimate of drug-likeness (QED) is 0.590. The number of carbonyl (C=O) groups is 3. The van der Waals surface area contributed by atoms with Crippen LogP contribution in [0, 0.1) is 11.3 Å². The average Bonchev–Trinajstić information content (AvgIpc) is 2.81. The van der Waals surface area contributed by atoms with Crippen molar-refractivity contribution in [2.24, 2.45) is 11.3 Å². The number of cyclic esters (lactones) is 1. The molecule has 1 aliphatic carbocycles. The summed E-state index contributed by atoms with van der Waals surface area (Å²) in [5, 5.41) is 0. The van der Waals surface area contributed by atoms with Gasteiger partial charge in [0.15, 0.2) is 5.78 Å². The van der Waals surface area contributed by atoms with Crippen molar-refractivity contribution in [3.05, 3.63) is 34.4 Å². The van der Waals surface area contributed by atoms with Crippen LogP contribution in [0.4, 0.5) is 0 Å². The van der Waals surface area contributed by atoms with Gasteiger partial charge in [-0.3, -0.25) is 9.59 Å². The summed E-state index contributed by atoms with van der Waals surface area (Å²) in [7, 11) is 0. The number of hydrogen-bond acceptors (Lipinski definition) is 5. The van der Waals surface area contributed by atoms with Crippen LogP contribution in [0.5, 0.6) is 0 Å². The van der Waals surface area contributed by atoms with Crippen LogP contribution in [0.25, 0.3) is 0 Å². The van der Waals surface area contributed by atoms with Gasteiger partial charge in [-0.15, -0.1) is 0 Å². The maximum absolute atomic E-state index is 12.4. The molecule has 0 N–H and O–H groups in total. The van der Waals surface area contributed by atoms with Gasteiger partial charge in [0.2, 0.25) is 0 Å². The fourth-order valence-electron chi connectivity index (χ4n) is 4.47. The van der Waals surface area contributed by atoms with E-state index >= 15 is 0 Å². The Morgan fingerprint density at radius 2 is 2.00 bits per heavy atom. The van der Waals surface area contributed by atoms with Gasteiger partial charge in [-0.2, -0.15) is 0 Å². The molecule has 5 heteroatoms. The van der Waals surface area contributed by atoms with E-state index in [2.05, 4.69) is 13.8 Å². The van der Waals surface area contributed by atoms with E-state index in [0.29, 0.717) is 28.0 Å². The maximum Gasteiger partial charge on any atom is 0.342 e. The number of carbonyl (C=O) groups excluding carboxylic acids is 3. The van der Waals surface area contributed by atoms with Crippen molar-refractivity contribution in [2.75, 3.05) is 0 Å². The fraction of sp³-hybridized carbons (Fsp3) is 0.571. The van der Waals surface area contributed by atoms with Crippen LogP contribution in [0.2, 0.25) is 0 Å². The Labute approximate surface area is 154 Å². The second kappa shape index (κ2) is 6.86. The first-order chi connectivity index (χ1) is 12.2. The van der Waals surface area contributed by atoms with Crippen molar-refractivity contribution in [3.8, 4) is 0 Å². The Bertz CT molecular complexity index is 760. The summed E-state index contributed by atoms with van der Waals surface area (Å²) in [6.45, 7) is 7.32. The number of ether oxygens (including phenoxy) is 2. The Hall–Kier alpha value is -2.17. The lowest BCUT2D eigenvalue weighted by Gasteiger charge is -2.35. The average molecular weight is 358 g/mol. The highest BCUT2D eigenvalue weighted by molar-refractivity contribution is 6.03. The van der Waals surface area contributed by atoms with E-state index in [1.807, 2.05) is 6.07 Å². The van der Waals surface area contributed by atoms with E-state index in [1.165, 1.54) is 26.7 Å². The van der Waals surface area contributed by atoms with Crippen molar-refractivity contribution in [1.82, 2.24) is 0 Å². The molecule has 1 heterocycles. The minimum absolute atomic E-state index is 0.137. The van der Waals surface area contributed by atoms with Gasteiger partial charge < -0.3 is 9.47 Å². The zero-order valence-corrected chi connectivity index (χ0v) is 15.9. The molecule has 0 radical (unpaired) electrons. The summed E-state index contributed by atoms with van der Waals surface area (Å²) in [6, 6.07) is 3.55. The van der Waals surface area contributed by atoms with Crippen molar-refractivity contribution >= 4 is 17.7 Å². The highest BCUT2D eigenvalue weighted by atomic mass is 16.7. The molecule has 1 saturated carbocycles. The van der Waals surface area contributed by atoms with Crippen LogP contribution in [-0.2, 0) is 20.7 Å². The van der Waals surface area contributed by atoms with E-state index < -0.39 is 18.2 Å². The SMILES string of the molecule is CC(=O)O[C@H]1OC(=O)c2ccc(CC3CCCC(C)(C)C3)c(C(C)=O)c21. The molecule has 0 bridgehead atoms. The molecular formula is C21H26O5. The summed E-state index contributed by atoms with van der Waals surface area (Å²) in [4.78, 5) is 35.9. The summed E-state index contributed by atoms with van der Waals surface area (Å²) >= 11 is 0. The monoisotopic (exact) mass is 358 g/mol. The normalized spacial score (nSPS) is 23.9. The Morgan fingerprint density at radius 1 is 1.27 bits per heavy atom. The zero-order chi connectivity index (χ0) is 19.1. The summed E-state index contributed by atoms with van der Waals surface area (Å²) in [5.41, 5.74) is 2.42. The molecule has 1 aliphatic heterocycles. The molecule has 1 aromatic rings. The molecule has 2 atom stereocenters. The third-order valence-corrected chi connectivity index (χ3v) is 5.44. The Morgan fingerprint density at radius 3 is 2.62 bits per heavy atom. The largest absolute Gasteiger partial charge is 0.421 e. The first-order valence-corrected chi connectivity index (χ1v) is 9.23. The van der Waals surface area contributed by atoms with E-state index in [-0.39, 0.29) is 5.78 Å². The fourth-order valence-corrected chi connectivity index (χ4v) is 4.47. The molecule has 26 heavy (non-hydrogen) atoms. The van der Waals surface area contributed by atoms with Crippen LogP contribution in [0.3, 0.4) is 0 Å². The molecule has 2 aliphatic rings. The number of ketones is 1. The third-order valence-electron chi connectivity index (χ3n) is 5.44. The van der Waals surface area contributed by atoms with Gasteiger partial charge in [-0.25, -0.2) is 4.79 Å². The van der Waals surface area contributed by atoms with Crippen LogP contribution < -0.4 is 0 Å². The van der Waals surface area contributed by atoms with Crippen molar-refractivity contribution in [3.63, 3.8) is 0 Å². The highest BCUT2D eigenvalue weighted by Crippen LogP contribution is 2.42. The molecule has 140 valence electrons. The lowest BCUT2D eigenvalue weighted by atomic mass is 9.70. The predicted octanol–water partition coefficient (Wildman–Crippen LogP) is 4.38.